The molecule has 0 spiro atoms. The molecule has 2 rings (SSSR count). The lowest BCUT2D eigenvalue weighted by molar-refractivity contribution is 0.0784. The summed E-state index contributed by atoms with van der Waals surface area (Å²) in [5, 5.41) is 4.34. The predicted molar refractivity (Wildman–Crippen MR) is 78.0 cm³/mol. The van der Waals surface area contributed by atoms with E-state index in [0.717, 1.165) is 30.6 Å². The van der Waals surface area contributed by atoms with E-state index in [1.165, 1.54) is 18.4 Å². The standard InChI is InChI=1S/C15H23ClN2/c1-3-17-10-12-8-9-15(12)18(2)11-13-6-4-5-7-14(13)16/h4-7,12,15,17H,3,8-11H2,1-2H3. The molecule has 1 aromatic rings. The van der Waals surface area contributed by atoms with E-state index in [0.29, 0.717) is 6.04 Å². The highest BCUT2D eigenvalue weighted by atomic mass is 35.5. The number of benzene rings is 1. The molecule has 18 heavy (non-hydrogen) atoms. The molecule has 0 radical (unpaired) electrons. The lowest BCUT2D eigenvalue weighted by Crippen LogP contribution is -2.48. The summed E-state index contributed by atoms with van der Waals surface area (Å²) in [7, 11) is 2.21. The first-order chi connectivity index (χ1) is 8.72. The smallest absolute Gasteiger partial charge is 0.0451 e. The highest BCUT2D eigenvalue weighted by Crippen LogP contribution is 2.32. The Kier molecular flexibility index (Phi) is 5.04. The first-order valence-corrected chi connectivity index (χ1v) is 7.24. The second kappa shape index (κ2) is 6.55. The number of nitrogens with one attached hydrogen (secondary N) is 1. The molecule has 2 unspecified atom stereocenters. The molecular formula is C15H23ClN2. The first-order valence-electron chi connectivity index (χ1n) is 6.86. The van der Waals surface area contributed by atoms with E-state index in [1.807, 2.05) is 12.1 Å². The number of rotatable bonds is 6. The van der Waals surface area contributed by atoms with Gasteiger partial charge in [0.05, 0.1) is 0 Å². The average molecular weight is 267 g/mol. The number of hydrogen-bond donors (Lipinski definition) is 1. The van der Waals surface area contributed by atoms with Crippen molar-refractivity contribution in [2.45, 2.75) is 32.4 Å². The molecule has 1 aromatic carbocycles. The SMILES string of the molecule is CCNCC1CCC1N(C)Cc1ccccc1Cl. The van der Waals surface area contributed by atoms with Gasteiger partial charge in [-0.3, -0.25) is 4.90 Å². The molecule has 0 aromatic heterocycles. The summed E-state index contributed by atoms with van der Waals surface area (Å²) in [6, 6.07) is 8.85. The van der Waals surface area contributed by atoms with Crippen LogP contribution in [0.15, 0.2) is 24.3 Å². The van der Waals surface area contributed by atoms with Gasteiger partial charge in [0.2, 0.25) is 0 Å². The summed E-state index contributed by atoms with van der Waals surface area (Å²) in [4.78, 5) is 2.45. The van der Waals surface area contributed by atoms with Gasteiger partial charge >= 0.3 is 0 Å². The fourth-order valence-corrected chi connectivity index (χ4v) is 2.91. The minimum atomic E-state index is 0.709. The first kappa shape index (κ1) is 13.9. The summed E-state index contributed by atoms with van der Waals surface area (Å²) in [6.45, 7) is 5.33. The Bertz CT molecular complexity index is 381. The van der Waals surface area contributed by atoms with Gasteiger partial charge in [-0.1, -0.05) is 36.7 Å². The molecule has 1 saturated carbocycles. The van der Waals surface area contributed by atoms with Crippen LogP contribution in [0.1, 0.15) is 25.3 Å². The van der Waals surface area contributed by atoms with Gasteiger partial charge in [-0.25, -0.2) is 0 Å². The summed E-state index contributed by atoms with van der Waals surface area (Å²) < 4.78 is 0. The summed E-state index contributed by atoms with van der Waals surface area (Å²) in [5.41, 5.74) is 1.23. The molecule has 0 aliphatic heterocycles. The Morgan fingerprint density at radius 2 is 2.11 bits per heavy atom. The van der Waals surface area contributed by atoms with Gasteiger partial charge in [-0.15, -0.1) is 0 Å². The minimum Gasteiger partial charge on any atom is -0.317 e. The Balaban J connectivity index is 1.88. The van der Waals surface area contributed by atoms with E-state index in [-0.39, 0.29) is 0 Å². The second-order valence-electron chi connectivity index (χ2n) is 5.22. The van der Waals surface area contributed by atoms with Crippen LogP contribution in [0.2, 0.25) is 5.02 Å². The second-order valence-corrected chi connectivity index (χ2v) is 5.63. The Morgan fingerprint density at radius 1 is 1.33 bits per heavy atom. The fourth-order valence-electron chi connectivity index (χ4n) is 2.71. The van der Waals surface area contributed by atoms with Crippen molar-refractivity contribution in [3.05, 3.63) is 34.9 Å². The van der Waals surface area contributed by atoms with Crippen LogP contribution in [-0.2, 0) is 6.54 Å². The molecule has 3 heteroatoms. The van der Waals surface area contributed by atoms with Crippen molar-refractivity contribution in [2.24, 2.45) is 5.92 Å². The molecular weight excluding hydrogens is 244 g/mol. The van der Waals surface area contributed by atoms with Gasteiger partial charge in [0, 0.05) is 17.6 Å². The van der Waals surface area contributed by atoms with Gasteiger partial charge in [0.25, 0.3) is 0 Å². The van der Waals surface area contributed by atoms with Gasteiger partial charge in [-0.05, 0) is 50.5 Å². The molecule has 1 fully saturated rings. The van der Waals surface area contributed by atoms with Crippen molar-refractivity contribution in [1.29, 1.82) is 0 Å². The Hall–Kier alpha value is -0.570. The quantitative estimate of drug-likeness (QED) is 0.851. The minimum absolute atomic E-state index is 0.709. The third kappa shape index (κ3) is 3.25. The zero-order valence-electron chi connectivity index (χ0n) is 11.3. The molecule has 0 bridgehead atoms. The lowest BCUT2D eigenvalue weighted by atomic mass is 9.78. The molecule has 100 valence electrons. The molecule has 1 N–H and O–H groups in total. The number of halogens is 1. The van der Waals surface area contributed by atoms with Crippen molar-refractivity contribution in [3.8, 4) is 0 Å². The number of hydrogen-bond acceptors (Lipinski definition) is 2. The third-order valence-corrected chi connectivity index (χ3v) is 4.35. The van der Waals surface area contributed by atoms with Crippen molar-refractivity contribution >= 4 is 11.6 Å². The maximum atomic E-state index is 6.22. The molecule has 0 saturated heterocycles. The van der Waals surface area contributed by atoms with Crippen LogP contribution in [0.4, 0.5) is 0 Å². The number of nitrogens with zero attached hydrogens (tertiary/aromatic N) is 1. The van der Waals surface area contributed by atoms with Gasteiger partial charge < -0.3 is 5.32 Å². The van der Waals surface area contributed by atoms with E-state index in [2.05, 4.69) is 36.3 Å². The summed E-state index contributed by atoms with van der Waals surface area (Å²) in [6.07, 6.45) is 2.67. The molecule has 1 aliphatic carbocycles. The topological polar surface area (TPSA) is 15.3 Å². The summed E-state index contributed by atoms with van der Waals surface area (Å²) >= 11 is 6.22. The van der Waals surface area contributed by atoms with E-state index in [9.17, 15) is 0 Å². The molecule has 0 heterocycles. The van der Waals surface area contributed by atoms with Gasteiger partial charge in [-0.2, -0.15) is 0 Å². The van der Waals surface area contributed by atoms with E-state index < -0.39 is 0 Å². The third-order valence-electron chi connectivity index (χ3n) is 3.98. The van der Waals surface area contributed by atoms with Crippen LogP contribution < -0.4 is 5.32 Å². The highest BCUT2D eigenvalue weighted by Gasteiger charge is 2.33. The van der Waals surface area contributed by atoms with Crippen LogP contribution in [-0.4, -0.2) is 31.1 Å². The maximum absolute atomic E-state index is 6.22. The average Bonchev–Trinajstić information content (AvgIpc) is 2.31. The largest absolute Gasteiger partial charge is 0.317 e. The fraction of sp³-hybridized carbons (Fsp3) is 0.600. The van der Waals surface area contributed by atoms with Crippen LogP contribution in [0.25, 0.3) is 0 Å². The van der Waals surface area contributed by atoms with Crippen molar-refractivity contribution in [3.63, 3.8) is 0 Å². The van der Waals surface area contributed by atoms with E-state index in [4.69, 9.17) is 11.6 Å². The Labute approximate surface area is 115 Å². The molecule has 0 amide bonds. The highest BCUT2D eigenvalue weighted by molar-refractivity contribution is 6.31. The monoisotopic (exact) mass is 266 g/mol. The van der Waals surface area contributed by atoms with Crippen molar-refractivity contribution < 1.29 is 0 Å². The normalized spacial score (nSPS) is 23.1. The van der Waals surface area contributed by atoms with Gasteiger partial charge in [0.15, 0.2) is 0 Å². The lowest BCUT2D eigenvalue weighted by Gasteiger charge is -2.43. The zero-order valence-corrected chi connectivity index (χ0v) is 12.1. The van der Waals surface area contributed by atoms with Crippen LogP contribution in [0, 0.1) is 5.92 Å². The molecule has 2 atom stereocenters. The van der Waals surface area contributed by atoms with Crippen LogP contribution in [0.3, 0.4) is 0 Å². The molecule has 1 aliphatic rings. The van der Waals surface area contributed by atoms with Crippen LogP contribution >= 0.6 is 11.6 Å². The zero-order chi connectivity index (χ0) is 13.0. The van der Waals surface area contributed by atoms with E-state index in [1.54, 1.807) is 0 Å². The Morgan fingerprint density at radius 3 is 2.72 bits per heavy atom. The summed E-state index contributed by atoms with van der Waals surface area (Å²) in [5.74, 6) is 0.803. The van der Waals surface area contributed by atoms with Crippen LogP contribution in [0.5, 0.6) is 0 Å². The van der Waals surface area contributed by atoms with Gasteiger partial charge in [0.1, 0.15) is 0 Å². The molecule has 2 nitrogen and oxygen atoms in total. The van der Waals surface area contributed by atoms with E-state index >= 15 is 0 Å². The van der Waals surface area contributed by atoms with Crippen molar-refractivity contribution in [2.75, 3.05) is 20.1 Å². The predicted octanol–water partition coefficient (Wildman–Crippen LogP) is 3.16. The van der Waals surface area contributed by atoms with Crippen molar-refractivity contribution in [1.82, 2.24) is 10.2 Å². The maximum Gasteiger partial charge on any atom is 0.0451 e.